The molecular weight excluding hydrogens is 312 g/mol. The van der Waals surface area contributed by atoms with E-state index in [9.17, 15) is 19.7 Å². The molecule has 0 aliphatic heterocycles. The van der Waals surface area contributed by atoms with Crippen molar-refractivity contribution in [1.29, 1.82) is 0 Å². The number of carbonyl (C=O) groups excluding carboxylic acids is 2. The highest BCUT2D eigenvalue weighted by Crippen LogP contribution is 2.19. The van der Waals surface area contributed by atoms with E-state index in [1.54, 1.807) is 13.0 Å². The zero-order valence-electron chi connectivity index (χ0n) is 13.5. The van der Waals surface area contributed by atoms with Gasteiger partial charge in [0.15, 0.2) is 5.78 Å². The highest BCUT2D eigenvalue weighted by Gasteiger charge is 2.19. The number of nitro groups is 1. The SMILES string of the molecule is CC1=CC(=O)C(C(C)C)=CC1=NOC(=O)c1ccc([N+](=O)[O-])cc1. The Bertz CT molecular complexity index is 786. The van der Waals surface area contributed by atoms with Crippen molar-refractivity contribution in [2.75, 3.05) is 0 Å². The highest BCUT2D eigenvalue weighted by molar-refractivity contribution is 6.21. The summed E-state index contributed by atoms with van der Waals surface area (Å²) in [5, 5.41) is 14.4. The lowest BCUT2D eigenvalue weighted by molar-refractivity contribution is -0.384. The van der Waals surface area contributed by atoms with Crippen molar-refractivity contribution in [1.82, 2.24) is 0 Å². The molecule has 0 atom stereocenters. The van der Waals surface area contributed by atoms with Crippen molar-refractivity contribution >= 4 is 23.2 Å². The molecule has 24 heavy (non-hydrogen) atoms. The van der Waals surface area contributed by atoms with Gasteiger partial charge in [-0.15, -0.1) is 0 Å². The number of benzene rings is 1. The van der Waals surface area contributed by atoms with Crippen LogP contribution in [0.3, 0.4) is 0 Å². The number of allylic oxidation sites excluding steroid dienone is 4. The van der Waals surface area contributed by atoms with Gasteiger partial charge in [0.1, 0.15) is 5.71 Å². The maximum Gasteiger partial charge on any atom is 0.365 e. The minimum Gasteiger partial charge on any atom is -0.312 e. The molecule has 0 amide bonds. The molecule has 0 bridgehead atoms. The van der Waals surface area contributed by atoms with E-state index in [0.717, 1.165) is 0 Å². The number of oxime groups is 1. The predicted octanol–water partition coefficient (Wildman–Crippen LogP) is 3.22. The normalized spacial score (nSPS) is 16.0. The predicted molar refractivity (Wildman–Crippen MR) is 87.6 cm³/mol. The van der Waals surface area contributed by atoms with Crippen LogP contribution in [-0.2, 0) is 9.63 Å². The fourth-order valence-corrected chi connectivity index (χ4v) is 2.10. The number of nitro benzene ring substituents is 1. The van der Waals surface area contributed by atoms with E-state index in [4.69, 9.17) is 4.84 Å². The van der Waals surface area contributed by atoms with Gasteiger partial charge in [-0.1, -0.05) is 19.0 Å². The van der Waals surface area contributed by atoms with Crippen molar-refractivity contribution in [2.24, 2.45) is 11.1 Å². The van der Waals surface area contributed by atoms with Crippen LogP contribution in [0, 0.1) is 16.0 Å². The van der Waals surface area contributed by atoms with Crippen LogP contribution < -0.4 is 0 Å². The Kier molecular flexibility index (Phi) is 5.03. The quantitative estimate of drug-likeness (QED) is 0.366. The Hall–Kier alpha value is -3.09. The first kappa shape index (κ1) is 17.3. The van der Waals surface area contributed by atoms with Crippen LogP contribution in [0.5, 0.6) is 0 Å². The van der Waals surface area contributed by atoms with Crippen LogP contribution in [0.25, 0.3) is 0 Å². The van der Waals surface area contributed by atoms with E-state index < -0.39 is 10.9 Å². The molecular formula is C17H16N2O5. The lowest BCUT2D eigenvalue weighted by Crippen LogP contribution is -2.16. The molecule has 7 heteroatoms. The van der Waals surface area contributed by atoms with Gasteiger partial charge in [-0.05, 0) is 42.7 Å². The van der Waals surface area contributed by atoms with Gasteiger partial charge in [-0.3, -0.25) is 14.9 Å². The van der Waals surface area contributed by atoms with Gasteiger partial charge in [-0.25, -0.2) is 4.79 Å². The maximum atomic E-state index is 11.9. The average Bonchev–Trinajstić information content (AvgIpc) is 2.53. The molecule has 1 aliphatic carbocycles. The van der Waals surface area contributed by atoms with E-state index in [1.165, 1.54) is 30.3 Å². The zero-order chi connectivity index (χ0) is 17.9. The van der Waals surface area contributed by atoms with Gasteiger partial charge in [-0.2, -0.15) is 0 Å². The van der Waals surface area contributed by atoms with Gasteiger partial charge in [0.2, 0.25) is 0 Å². The Morgan fingerprint density at radius 3 is 2.38 bits per heavy atom. The lowest BCUT2D eigenvalue weighted by atomic mass is 9.90. The summed E-state index contributed by atoms with van der Waals surface area (Å²) in [5.74, 6) is -0.790. The van der Waals surface area contributed by atoms with Crippen molar-refractivity contribution < 1.29 is 19.3 Å². The average molecular weight is 328 g/mol. The van der Waals surface area contributed by atoms with Crippen LogP contribution in [-0.4, -0.2) is 22.4 Å². The molecule has 0 unspecified atom stereocenters. The Morgan fingerprint density at radius 2 is 1.83 bits per heavy atom. The number of ketones is 1. The topological polar surface area (TPSA) is 98.9 Å². The van der Waals surface area contributed by atoms with Crippen molar-refractivity contribution in [3.8, 4) is 0 Å². The summed E-state index contributed by atoms with van der Waals surface area (Å²) in [6, 6.07) is 5.02. The first-order chi connectivity index (χ1) is 11.3. The molecule has 0 fully saturated rings. The molecule has 0 N–H and O–H groups in total. The number of hydrogen-bond acceptors (Lipinski definition) is 6. The van der Waals surface area contributed by atoms with Gasteiger partial charge in [0, 0.05) is 17.7 Å². The van der Waals surface area contributed by atoms with Crippen LogP contribution in [0.4, 0.5) is 5.69 Å². The minimum atomic E-state index is -0.735. The Morgan fingerprint density at radius 1 is 1.21 bits per heavy atom. The molecule has 0 heterocycles. The van der Waals surface area contributed by atoms with Crippen molar-refractivity contribution in [3.05, 3.63) is 63.2 Å². The summed E-state index contributed by atoms with van der Waals surface area (Å²) in [7, 11) is 0. The van der Waals surface area contributed by atoms with Gasteiger partial charge in [0.05, 0.1) is 10.5 Å². The third-order valence-electron chi connectivity index (χ3n) is 3.49. The van der Waals surface area contributed by atoms with Gasteiger partial charge < -0.3 is 4.84 Å². The van der Waals surface area contributed by atoms with Crippen LogP contribution in [0.2, 0.25) is 0 Å². The molecule has 0 spiro atoms. The third kappa shape index (κ3) is 3.81. The second-order valence-corrected chi connectivity index (χ2v) is 5.61. The first-order valence-electron chi connectivity index (χ1n) is 7.28. The van der Waals surface area contributed by atoms with Crippen LogP contribution >= 0.6 is 0 Å². The molecule has 0 saturated carbocycles. The molecule has 0 aromatic heterocycles. The lowest BCUT2D eigenvalue weighted by Gasteiger charge is -2.14. The molecule has 0 saturated heterocycles. The van der Waals surface area contributed by atoms with E-state index in [0.29, 0.717) is 16.9 Å². The Balaban J connectivity index is 2.17. The van der Waals surface area contributed by atoms with E-state index in [-0.39, 0.29) is 23.0 Å². The monoisotopic (exact) mass is 328 g/mol. The smallest absolute Gasteiger partial charge is 0.312 e. The molecule has 1 aromatic carbocycles. The Labute approximate surface area is 138 Å². The summed E-state index contributed by atoms with van der Waals surface area (Å²) in [6.07, 6.45) is 3.05. The highest BCUT2D eigenvalue weighted by atomic mass is 16.7. The second kappa shape index (κ2) is 6.99. The number of rotatable bonds is 4. The molecule has 2 rings (SSSR count). The summed E-state index contributed by atoms with van der Waals surface area (Å²) < 4.78 is 0. The van der Waals surface area contributed by atoms with Crippen molar-refractivity contribution in [2.45, 2.75) is 20.8 Å². The largest absolute Gasteiger partial charge is 0.365 e. The summed E-state index contributed by atoms with van der Waals surface area (Å²) in [4.78, 5) is 38.7. The number of carbonyl (C=O) groups is 2. The molecule has 7 nitrogen and oxygen atoms in total. The fourth-order valence-electron chi connectivity index (χ4n) is 2.10. The van der Waals surface area contributed by atoms with E-state index in [1.807, 2.05) is 13.8 Å². The third-order valence-corrected chi connectivity index (χ3v) is 3.49. The maximum absolute atomic E-state index is 11.9. The van der Waals surface area contributed by atoms with Crippen molar-refractivity contribution in [3.63, 3.8) is 0 Å². The molecule has 1 aromatic rings. The van der Waals surface area contributed by atoms with E-state index in [2.05, 4.69) is 5.16 Å². The molecule has 0 radical (unpaired) electrons. The zero-order valence-corrected chi connectivity index (χ0v) is 13.5. The number of non-ortho nitro benzene ring substituents is 1. The first-order valence-corrected chi connectivity index (χ1v) is 7.28. The number of nitrogens with zero attached hydrogens (tertiary/aromatic N) is 2. The van der Waals surface area contributed by atoms with Gasteiger partial charge in [0.25, 0.3) is 5.69 Å². The number of hydrogen-bond donors (Lipinski definition) is 0. The standard InChI is InChI=1S/C17H16N2O5/c1-10(2)14-9-15(11(3)8-16(14)20)18-24-17(21)12-4-6-13(7-5-12)19(22)23/h4-10H,1-3H3. The summed E-state index contributed by atoms with van der Waals surface area (Å²) >= 11 is 0. The van der Waals surface area contributed by atoms with Gasteiger partial charge >= 0.3 is 5.97 Å². The summed E-state index contributed by atoms with van der Waals surface area (Å²) in [6.45, 7) is 5.47. The summed E-state index contributed by atoms with van der Waals surface area (Å²) in [5.41, 5.74) is 1.61. The molecule has 124 valence electrons. The van der Waals surface area contributed by atoms with E-state index >= 15 is 0 Å². The minimum absolute atomic E-state index is 0.0254. The second-order valence-electron chi connectivity index (χ2n) is 5.61. The fraction of sp³-hybridized carbons (Fsp3) is 0.235. The van der Waals surface area contributed by atoms with Crippen LogP contribution in [0.15, 0.2) is 52.7 Å². The molecule has 1 aliphatic rings. The van der Waals surface area contributed by atoms with Crippen LogP contribution in [0.1, 0.15) is 31.1 Å².